The summed E-state index contributed by atoms with van der Waals surface area (Å²) in [6.45, 7) is 1.64. The molecule has 1 atom stereocenters. The van der Waals surface area contributed by atoms with Gasteiger partial charge in [-0.05, 0) is 36.1 Å². The molecule has 1 amide bonds. The lowest BCUT2D eigenvalue weighted by Crippen LogP contribution is -2.41. The molecule has 0 bridgehead atoms. The molecule has 4 rings (SSSR count). The third-order valence-electron chi connectivity index (χ3n) is 4.91. The third kappa shape index (κ3) is 4.51. The van der Waals surface area contributed by atoms with Gasteiger partial charge in [0.2, 0.25) is 0 Å². The van der Waals surface area contributed by atoms with Crippen LogP contribution in [0.1, 0.15) is 12.8 Å². The van der Waals surface area contributed by atoms with Crippen LogP contribution < -0.4 is 15.0 Å². The molecule has 0 spiro atoms. The van der Waals surface area contributed by atoms with E-state index < -0.39 is 0 Å². The minimum absolute atomic E-state index is 0.0225. The van der Waals surface area contributed by atoms with Crippen LogP contribution in [0.5, 0.6) is 5.75 Å². The monoisotopic (exact) mass is 393 g/mol. The van der Waals surface area contributed by atoms with E-state index in [4.69, 9.17) is 4.74 Å². The second-order valence-electron chi connectivity index (χ2n) is 6.79. The Bertz CT molecular complexity index is 882. The molecular formula is C22H23N3O2S. The van der Waals surface area contributed by atoms with Gasteiger partial charge in [-0.1, -0.05) is 42.5 Å². The number of hydrogen-bond donors (Lipinski definition) is 1. The van der Waals surface area contributed by atoms with E-state index in [2.05, 4.69) is 27.3 Å². The van der Waals surface area contributed by atoms with Crippen LogP contribution in [0.15, 0.2) is 66.2 Å². The van der Waals surface area contributed by atoms with Crippen LogP contribution in [-0.4, -0.2) is 36.6 Å². The van der Waals surface area contributed by atoms with Crippen molar-refractivity contribution in [2.24, 2.45) is 0 Å². The van der Waals surface area contributed by atoms with Crippen LogP contribution >= 0.6 is 11.3 Å². The van der Waals surface area contributed by atoms with Crippen molar-refractivity contribution in [1.82, 2.24) is 10.3 Å². The van der Waals surface area contributed by atoms with Crippen LogP contribution in [-0.2, 0) is 4.79 Å². The van der Waals surface area contributed by atoms with Crippen molar-refractivity contribution < 1.29 is 9.53 Å². The number of rotatable bonds is 7. The fourth-order valence-electron chi connectivity index (χ4n) is 3.46. The summed E-state index contributed by atoms with van der Waals surface area (Å²) in [6.07, 6.45) is 4.02. The van der Waals surface area contributed by atoms with Crippen LogP contribution in [0.2, 0.25) is 0 Å². The molecule has 1 aromatic heterocycles. The Labute approximate surface area is 169 Å². The molecule has 144 valence electrons. The van der Waals surface area contributed by atoms with E-state index in [0.29, 0.717) is 18.3 Å². The SMILES string of the molecule is O=C(COc1ccc(-c2ccccc2)cc1)NCC1CCCN1c1nccs1. The van der Waals surface area contributed by atoms with Crippen LogP contribution in [0.4, 0.5) is 5.13 Å². The molecular weight excluding hydrogens is 370 g/mol. The number of amides is 1. The van der Waals surface area contributed by atoms with Gasteiger partial charge in [-0.15, -0.1) is 11.3 Å². The summed E-state index contributed by atoms with van der Waals surface area (Å²) < 4.78 is 5.64. The minimum Gasteiger partial charge on any atom is -0.484 e. The molecule has 1 fully saturated rings. The van der Waals surface area contributed by atoms with Gasteiger partial charge in [0.1, 0.15) is 5.75 Å². The molecule has 1 aliphatic rings. The normalized spacial score (nSPS) is 16.1. The number of ether oxygens (including phenoxy) is 1. The van der Waals surface area contributed by atoms with Gasteiger partial charge in [-0.3, -0.25) is 4.79 Å². The van der Waals surface area contributed by atoms with Gasteiger partial charge < -0.3 is 15.0 Å². The highest BCUT2D eigenvalue weighted by Crippen LogP contribution is 2.26. The zero-order valence-electron chi connectivity index (χ0n) is 15.6. The van der Waals surface area contributed by atoms with E-state index in [0.717, 1.165) is 35.6 Å². The van der Waals surface area contributed by atoms with Gasteiger partial charge in [-0.2, -0.15) is 0 Å². The van der Waals surface area contributed by atoms with Crippen molar-refractivity contribution in [1.29, 1.82) is 0 Å². The lowest BCUT2D eigenvalue weighted by atomic mass is 10.1. The number of carbonyl (C=O) groups is 1. The Morgan fingerprint density at radius 1 is 1.14 bits per heavy atom. The summed E-state index contributed by atoms with van der Waals surface area (Å²) >= 11 is 1.64. The van der Waals surface area contributed by atoms with Crippen molar-refractivity contribution in [3.05, 3.63) is 66.2 Å². The van der Waals surface area contributed by atoms with Crippen molar-refractivity contribution in [3.63, 3.8) is 0 Å². The molecule has 2 heterocycles. The lowest BCUT2D eigenvalue weighted by Gasteiger charge is -2.24. The van der Waals surface area contributed by atoms with E-state index in [1.54, 1.807) is 11.3 Å². The highest BCUT2D eigenvalue weighted by Gasteiger charge is 2.26. The Morgan fingerprint density at radius 2 is 1.93 bits per heavy atom. The molecule has 1 saturated heterocycles. The maximum absolute atomic E-state index is 12.2. The second-order valence-corrected chi connectivity index (χ2v) is 7.66. The number of aromatic nitrogens is 1. The first-order valence-electron chi connectivity index (χ1n) is 9.51. The quantitative estimate of drug-likeness (QED) is 0.660. The average molecular weight is 394 g/mol. The molecule has 2 aromatic carbocycles. The third-order valence-corrected chi connectivity index (χ3v) is 5.72. The topological polar surface area (TPSA) is 54.5 Å². The zero-order chi connectivity index (χ0) is 19.2. The van der Waals surface area contributed by atoms with E-state index in [1.165, 1.54) is 0 Å². The number of nitrogens with zero attached hydrogens (tertiary/aromatic N) is 2. The second kappa shape index (κ2) is 8.89. The first-order valence-corrected chi connectivity index (χ1v) is 10.4. The fourth-order valence-corrected chi connectivity index (χ4v) is 4.20. The molecule has 1 aliphatic heterocycles. The number of hydrogen-bond acceptors (Lipinski definition) is 5. The summed E-state index contributed by atoms with van der Waals surface area (Å²) in [5.74, 6) is 0.596. The van der Waals surface area contributed by atoms with Crippen molar-refractivity contribution in [3.8, 4) is 16.9 Å². The molecule has 3 aromatic rings. The maximum Gasteiger partial charge on any atom is 0.258 e. The summed E-state index contributed by atoms with van der Waals surface area (Å²) in [5.41, 5.74) is 2.29. The average Bonchev–Trinajstić information content (AvgIpc) is 3.43. The molecule has 5 nitrogen and oxygen atoms in total. The zero-order valence-corrected chi connectivity index (χ0v) is 16.4. The largest absolute Gasteiger partial charge is 0.484 e. The van der Waals surface area contributed by atoms with Crippen molar-refractivity contribution in [2.45, 2.75) is 18.9 Å². The summed E-state index contributed by atoms with van der Waals surface area (Å²) in [6, 6.07) is 18.3. The predicted molar refractivity (Wildman–Crippen MR) is 113 cm³/mol. The Hall–Kier alpha value is -2.86. The Kier molecular flexibility index (Phi) is 5.87. The van der Waals surface area contributed by atoms with E-state index in [9.17, 15) is 4.79 Å². The van der Waals surface area contributed by atoms with Gasteiger partial charge >= 0.3 is 0 Å². The molecule has 0 radical (unpaired) electrons. The standard InChI is InChI=1S/C22H23N3O2S/c26-21(24-15-19-7-4-13-25(19)22-23-12-14-28-22)16-27-20-10-8-18(9-11-20)17-5-2-1-3-6-17/h1-3,5-6,8-12,14,19H,4,7,13,15-16H2,(H,24,26). The van der Waals surface area contributed by atoms with Crippen LogP contribution in [0.3, 0.4) is 0 Å². The smallest absolute Gasteiger partial charge is 0.258 e. The van der Waals surface area contributed by atoms with Crippen molar-refractivity contribution >= 4 is 22.4 Å². The van der Waals surface area contributed by atoms with Gasteiger partial charge in [0.15, 0.2) is 11.7 Å². The number of carbonyl (C=O) groups excluding carboxylic acids is 1. The number of nitrogens with one attached hydrogen (secondary N) is 1. The van der Waals surface area contributed by atoms with E-state index in [1.807, 2.05) is 54.0 Å². The molecule has 1 N–H and O–H groups in total. The number of benzene rings is 2. The van der Waals surface area contributed by atoms with Gasteiger partial charge in [0.25, 0.3) is 5.91 Å². The van der Waals surface area contributed by atoms with E-state index in [-0.39, 0.29) is 12.5 Å². The maximum atomic E-state index is 12.2. The molecule has 0 saturated carbocycles. The number of thiazole rings is 1. The van der Waals surface area contributed by atoms with Crippen molar-refractivity contribution in [2.75, 3.05) is 24.6 Å². The highest BCUT2D eigenvalue weighted by molar-refractivity contribution is 7.13. The summed E-state index contributed by atoms with van der Waals surface area (Å²) in [5, 5.41) is 6.02. The Balaban J connectivity index is 1.24. The Morgan fingerprint density at radius 3 is 2.68 bits per heavy atom. The minimum atomic E-state index is -0.0990. The fraction of sp³-hybridized carbons (Fsp3) is 0.273. The molecule has 28 heavy (non-hydrogen) atoms. The van der Waals surface area contributed by atoms with Gasteiger partial charge in [0.05, 0.1) is 0 Å². The van der Waals surface area contributed by atoms with Gasteiger partial charge in [0, 0.05) is 30.7 Å². The first kappa shape index (κ1) is 18.5. The highest BCUT2D eigenvalue weighted by atomic mass is 32.1. The lowest BCUT2D eigenvalue weighted by molar-refractivity contribution is -0.123. The molecule has 0 aliphatic carbocycles. The summed E-state index contributed by atoms with van der Waals surface area (Å²) in [7, 11) is 0. The van der Waals surface area contributed by atoms with Crippen LogP contribution in [0, 0.1) is 0 Å². The first-order chi connectivity index (χ1) is 13.8. The predicted octanol–water partition coefficient (Wildman–Crippen LogP) is 3.97. The summed E-state index contributed by atoms with van der Waals surface area (Å²) in [4.78, 5) is 18.9. The van der Waals surface area contributed by atoms with Crippen LogP contribution in [0.25, 0.3) is 11.1 Å². The molecule has 1 unspecified atom stereocenters. The van der Waals surface area contributed by atoms with E-state index >= 15 is 0 Å². The number of anilines is 1. The van der Waals surface area contributed by atoms with Gasteiger partial charge in [-0.25, -0.2) is 4.98 Å². The molecule has 6 heteroatoms.